The summed E-state index contributed by atoms with van der Waals surface area (Å²) in [6.07, 6.45) is 0.368. The van der Waals surface area contributed by atoms with Crippen LogP contribution in [0.15, 0.2) is 42.5 Å². The molecular formula is C16H17ClN2O3. The molecule has 0 radical (unpaired) electrons. The summed E-state index contributed by atoms with van der Waals surface area (Å²) >= 11 is 5.89. The van der Waals surface area contributed by atoms with Gasteiger partial charge in [0.2, 0.25) is 0 Å². The van der Waals surface area contributed by atoms with Gasteiger partial charge in [-0.2, -0.15) is 11.5 Å². The van der Waals surface area contributed by atoms with Crippen molar-refractivity contribution in [1.29, 1.82) is 0 Å². The highest BCUT2D eigenvalue weighted by atomic mass is 35.5. The van der Waals surface area contributed by atoms with Gasteiger partial charge >= 0.3 is 5.97 Å². The first kappa shape index (κ1) is 16.2. The highest BCUT2D eigenvalue weighted by Crippen LogP contribution is 2.22. The first-order valence-electron chi connectivity index (χ1n) is 6.59. The Balaban J connectivity index is 2.07. The summed E-state index contributed by atoms with van der Waals surface area (Å²) in [5, 5.41) is 0.420. The van der Waals surface area contributed by atoms with Crippen molar-refractivity contribution in [3.05, 3.63) is 70.3 Å². The number of hydrogen-bond donors (Lipinski definition) is 2. The van der Waals surface area contributed by atoms with E-state index in [1.54, 1.807) is 12.1 Å². The summed E-state index contributed by atoms with van der Waals surface area (Å²) in [6, 6.07) is 12.3. The average molecular weight is 321 g/mol. The SMILES string of the molecule is COc1ccc(Cl)cc1C(=O)O[NH2+][C-](N)c1ccccc1C. The Hall–Kier alpha value is -2.21. The molecule has 4 N–H and O–H groups in total. The monoisotopic (exact) mass is 320 g/mol. The molecule has 0 unspecified atom stereocenters. The maximum Gasteiger partial charge on any atom is 0.400 e. The van der Waals surface area contributed by atoms with Gasteiger partial charge in [0.15, 0.2) is 0 Å². The number of carbonyl (C=O) groups excluding carboxylic acids is 1. The van der Waals surface area contributed by atoms with Crippen LogP contribution < -0.4 is 16.0 Å². The number of benzene rings is 2. The molecule has 0 saturated heterocycles. The number of halogens is 1. The fourth-order valence-corrected chi connectivity index (χ4v) is 2.15. The fourth-order valence-electron chi connectivity index (χ4n) is 1.98. The summed E-state index contributed by atoms with van der Waals surface area (Å²) in [4.78, 5) is 17.3. The molecule has 0 aromatic heterocycles. The Morgan fingerprint density at radius 2 is 2.00 bits per heavy atom. The molecule has 2 aromatic carbocycles. The zero-order chi connectivity index (χ0) is 16.1. The van der Waals surface area contributed by atoms with Gasteiger partial charge in [0.05, 0.1) is 7.11 Å². The maximum atomic E-state index is 12.1. The minimum Gasteiger partial charge on any atom is -0.496 e. The van der Waals surface area contributed by atoms with Crippen LogP contribution in [0.1, 0.15) is 21.5 Å². The maximum absolute atomic E-state index is 12.1. The molecule has 5 nitrogen and oxygen atoms in total. The highest BCUT2D eigenvalue weighted by molar-refractivity contribution is 6.31. The van der Waals surface area contributed by atoms with E-state index in [0.29, 0.717) is 16.9 Å². The molecule has 0 aliphatic carbocycles. The number of nitrogens with two attached hydrogens (primary N) is 2. The molecule has 0 heterocycles. The van der Waals surface area contributed by atoms with Crippen LogP contribution in [0.25, 0.3) is 0 Å². The van der Waals surface area contributed by atoms with Crippen molar-refractivity contribution in [2.45, 2.75) is 6.92 Å². The van der Waals surface area contributed by atoms with Gasteiger partial charge in [-0.15, -0.1) is 23.3 Å². The molecule has 0 aliphatic rings. The Labute approximate surface area is 133 Å². The first-order chi connectivity index (χ1) is 10.5. The van der Waals surface area contributed by atoms with Gasteiger partial charge in [-0.1, -0.05) is 24.6 Å². The van der Waals surface area contributed by atoms with Crippen LogP contribution in [-0.2, 0) is 4.84 Å². The van der Waals surface area contributed by atoms with E-state index in [2.05, 4.69) is 0 Å². The predicted octanol–water partition coefficient (Wildman–Crippen LogP) is 1.79. The number of quaternary nitrogens is 1. The third kappa shape index (κ3) is 3.71. The molecule has 0 saturated carbocycles. The largest absolute Gasteiger partial charge is 0.496 e. The standard InChI is InChI=1S/C16H17ClN2O3/c1-10-5-3-4-6-12(10)15(18)19-22-16(20)13-9-11(17)7-8-14(13)21-2/h3-9H,18-19H2,1-2H3. The number of methoxy groups -OCH3 is 1. The summed E-state index contributed by atoms with van der Waals surface area (Å²) in [5.41, 5.74) is 9.22. The molecule has 6 heteroatoms. The second-order valence-corrected chi connectivity index (χ2v) is 5.07. The second kappa shape index (κ2) is 7.17. The van der Waals surface area contributed by atoms with Crippen molar-refractivity contribution in [3.63, 3.8) is 0 Å². The Morgan fingerprint density at radius 3 is 2.68 bits per heavy atom. The van der Waals surface area contributed by atoms with Gasteiger partial charge in [0.1, 0.15) is 17.5 Å². The molecule has 116 valence electrons. The average Bonchev–Trinajstić information content (AvgIpc) is 2.52. The van der Waals surface area contributed by atoms with E-state index in [-0.39, 0.29) is 5.56 Å². The summed E-state index contributed by atoms with van der Waals surface area (Å²) < 4.78 is 5.12. The lowest BCUT2D eigenvalue weighted by molar-refractivity contribution is -0.855. The zero-order valence-corrected chi connectivity index (χ0v) is 13.1. The van der Waals surface area contributed by atoms with Crippen molar-refractivity contribution in [2.75, 3.05) is 7.11 Å². The second-order valence-electron chi connectivity index (χ2n) is 4.64. The number of carbonyl (C=O) groups is 1. The molecule has 22 heavy (non-hydrogen) atoms. The quantitative estimate of drug-likeness (QED) is 0.650. The van der Waals surface area contributed by atoms with E-state index in [1.807, 2.05) is 31.2 Å². The molecule has 0 aliphatic heterocycles. The van der Waals surface area contributed by atoms with Crippen molar-refractivity contribution < 1.29 is 19.8 Å². The minimum atomic E-state index is -0.587. The van der Waals surface area contributed by atoms with Gasteiger partial charge in [0.25, 0.3) is 0 Å². The van der Waals surface area contributed by atoms with E-state index in [1.165, 1.54) is 18.7 Å². The molecule has 0 spiro atoms. The van der Waals surface area contributed by atoms with Crippen molar-refractivity contribution >= 4 is 17.6 Å². The lowest BCUT2D eigenvalue weighted by Crippen LogP contribution is -2.88. The van der Waals surface area contributed by atoms with Crippen molar-refractivity contribution in [1.82, 2.24) is 0 Å². The Bertz CT molecular complexity index is 676. The third-order valence-corrected chi connectivity index (χ3v) is 3.37. The van der Waals surface area contributed by atoms with Crippen LogP contribution in [0.3, 0.4) is 0 Å². The first-order valence-corrected chi connectivity index (χ1v) is 6.97. The van der Waals surface area contributed by atoms with Gasteiger partial charge in [0, 0.05) is 5.02 Å². The summed E-state index contributed by atoms with van der Waals surface area (Å²) in [6.45, 7) is 1.93. The van der Waals surface area contributed by atoms with Crippen molar-refractivity contribution in [3.8, 4) is 5.75 Å². The summed E-state index contributed by atoms with van der Waals surface area (Å²) in [5.74, 6) is -0.201. The normalized spacial score (nSPS) is 10.2. The van der Waals surface area contributed by atoms with E-state index in [4.69, 9.17) is 26.9 Å². The van der Waals surface area contributed by atoms with Crippen molar-refractivity contribution in [2.24, 2.45) is 5.73 Å². The lowest BCUT2D eigenvalue weighted by atomic mass is 10.1. The van der Waals surface area contributed by atoms with E-state index >= 15 is 0 Å². The number of aryl methyl sites for hydroxylation is 1. The van der Waals surface area contributed by atoms with E-state index in [9.17, 15) is 4.79 Å². The van der Waals surface area contributed by atoms with Crippen LogP contribution in [0, 0.1) is 13.1 Å². The number of hydrogen-bond acceptors (Lipinski definition) is 4. The molecule has 0 amide bonds. The van der Waals surface area contributed by atoms with Gasteiger partial charge in [-0.25, -0.2) is 4.79 Å². The molecular weight excluding hydrogens is 304 g/mol. The molecule has 0 bridgehead atoms. The highest BCUT2D eigenvalue weighted by Gasteiger charge is 2.17. The predicted molar refractivity (Wildman–Crippen MR) is 83.1 cm³/mol. The van der Waals surface area contributed by atoms with Crippen LogP contribution in [-0.4, -0.2) is 13.1 Å². The van der Waals surface area contributed by atoms with E-state index < -0.39 is 5.97 Å². The fraction of sp³-hybridized carbons (Fsp3) is 0.125. The number of hydroxylamine groups is 1. The van der Waals surface area contributed by atoms with Crippen LogP contribution in [0.4, 0.5) is 0 Å². The summed E-state index contributed by atoms with van der Waals surface area (Å²) in [7, 11) is 1.47. The topological polar surface area (TPSA) is 78.2 Å². The zero-order valence-electron chi connectivity index (χ0n) is 12.3. The molecule has 2 aromatic rings. The third-order valence-electron chi connectivity index (χ3n) is 3.13. The number of ether oxygens (including phenoxy) is 1. The van der Waals surface area contributed by atoms with Crippen LogP contribution in [0.2, 0.25) is 5.02 Å². The van der Waals surface area contributed by atoms with E-state index in [0.717, 1.165) is 11.1 Å². The Morgan fingerprint density at radius 1 is 1.27 bits per heavy atom. The molecule has 0 fully saturated rings. The lowest BCUT2D eigenvalue weighted by Gasteiger charge is -2.18. The Kier molecular flexibility index (Phi) is 5.27. The smallest absolute Gasteiger partial charge is 0.400 e. The minimum absolute atomic E-state index is 0.240. The molecule has 0 atom stereocenters. The number of rotatable bonds is 5. The molecule has 2 rings (SSSR count). The van der Waals surface area contributed by atoms with Gasteiger partial charge < -0.3 is 10.5 Å². The van der Waals surface area contributed by atoms with Crippen LogP contribution >= 0.6 is 11.6 Å². The van der Waals surface area contributed by atoms with Gasteiger partial charge in [-0.3, -0.25) is 4.84 Å². The van der Waals surface area contributed by atoms with Crippen LogP contribution in [0.5, 0.6) is 5.75 Å². The van der Waals surface area contributed by atoms with Gasteiger partial charge in [-0.05, 0) is 18.2 Å².